The smallest absolute Gasteiger partial charge is 0.268 e. The van der Waals surface area contributed by atoms with E-state index in [-0.39, 0.29) is 18.9 Å². The van der Waals surface area contributed by atoms with E-state index in [1.165, 1.54) is 109 Å². The number of nitrogens with one attached hydrogen (secondary N) is 1. The SMILES string of the molecule is CC/C=C\C/C=C\C/C=C\C/C=C\C/C=C\CCCCCCCCCCCCCCCCCCCC(=O)NC(COP(=O)([O-])OCC[N+](C)(C)C)C(O)C(O)CCC/C=C/CC/C=C/CCCCC. The van der Waals surface area contributed by atoms with Crippen LogP contribution in [0.1, 0.15) is 226 Å². The lowest BCUT2D eigenvalue weighted by molar-refractivity contribution is -0.870. The number of carbonyl (C=O) groups excluding carboxylic acids is 1. The lowest BCUT2D eigenvalue weighted by Gasteiger charge is -2.31. The minimum atomic E-state index is -4.68. The van der Waals surface area contributed by atoms with Crippen molar-refractivity contribution in [3.63, 3.8) is 0 Å². The first kappa shape index (κ1) is 66.6. The summed E-state index contributed by atoms with van der Waals surface area (Å²) in [5.41, 5.74) is 0. The highest BCUT2D eigenvalue weighted by Crippen LogP contribution is 2.38. The van der Waals surface area contributed by atoms with E-state index in [2.05, 4.69) is 104 Å². The second-order valence-corrected chi connectivity index (χ2v) is 21.4. The molecule has 0 aliphatic rings. The highest BCUT2D eigenvalue weighted by atomic mass is 31.2. The molecule has 1 amide bonds. The third kappa shape index (κ3) is 50.4. The van der Waals surface area contributed by atoms with Gasteiger partial charge in [-0.15, -0.1) is 0 Å². The van der Waals surface area contributed by atoms with Crippen LogP contribution in [0.5, 0.6) is 0 Å². The monoisotopic (exact) mass is 987 g/mol. The molecule has 9 nitrogen and oxygen atoms in total. The third-order valence-electron chi connectivity index (χ3n) is 12.2. The van der Waals surface area contributed by atoms with Gasteiger partial charge in [-0.2, -0.15) is 0 Å². The Bertz CT molecular complexity index is 1420. The number of phosphoric ester groups is 1. The van der Waals surface area contributed by atoms with E-state index in [4.69, 9.17) is 9.05 Å². The van der Waals surface area contributed by atoms with Gasteiger partial charge in [-0.1, -0.05) is 208 Å². The Morgan fingerprint density at radius 3 is 1.39 bits per heavy atom. The molecule has 0 saturated heterocycles. The molecule has 0 heterocycles. The second-order valence-electron chi connectivity index (χ2n) is 20.0. The van der Waals surface area contributed by atoms with Crippen LogP contribution >= 0.6 is 7.82 Å². The van der Waals surface area contributed by atoms with Crippen LogP contribution < -0.4 is 10.2 Å². The summed E-state index contributed by atoms with van der Waals surface area (Å²) in [4.78, 5) is 25.5. The lowest BCUT2D eigenvalue weighted by atomic mass is 10.0. The van der Waals surface area contributed by atoms with Crippen molar-refractivity contribution in [2.24, 2.45) is 0 Å². The summed E-state index contributed by atoms with van der Waals surface area (Å²) >= 11 is 0. The van der Waals surface area contributed by atoms with Crippen LogP contribution in [-0.4, -0.2) is 79.8 Å². The number of amides is 1. The molecule has 0 radical (unpaired) electrons. The number of aliphatic hydroxyl groups excluding tert-OH is 2. The van der Waals surface area contributed by atoms with Gasteiger partial charge in [0.05, 0.1) is 39.9 Å². The predicted molar refractivity (Wildman–Crippen MR) is 294 cm³/mol. The summed E-state index contributed by atoms with van der Waals surface area (Å²) in [6, 6.07) is -1.10. The molecule has 0 fully saturated rings. The van der Waals surface area contributed by atoms with Crippen molar-refractivity contribution < 1.29 is 38.0 Å². The minimum Gasteiger partial charge on any atom is -0.756 e. The van der Waals surface area contributed by atoms with Crippen LogP contribution in [0.2, 0.25) is 0 Å². The van der Waals surface area contributed by atoms with Crippen LogP contribution in [0.3, 0.4) is 0 Å². The minimum absolute atomic E-state index is 0.0511. The summed E-state index contributed by atoms with van der Waals surface area (Å²) in [5, 5.41) is 24.7. The average molecular weight is 987 g/mol. The van der Waals surface area contributed by atoms with Gasteiger partial charge in [-0.3, -0.25) is 9.36 Å². The highest BCUT2D eigenvalue weighted by molar-refractivity contribution is 7.45. The molecule has 4 unspecified atom stereocenters. The summed E-state index contributed by atoms with van der Waals surface area (Å²) < 4.78 is 23.2. The van der Waals surface area contributed by atoms with Gasteiger partial charge in [0.25, 0.3) is 7.82 Å². The maximum Gasteiger partial charge on any atom is 0.268 e. The number of likely N-dealkylation sites (N-methyl/N-ethyl adjacent to an activating group) is 1. The van der Waals surface area contributed by atoms with Gasteiger partial charge in [0, 0.05) is 6.42 Å². The normalized spacial score (nSPS) is 15.1. The molecule has 4 atom stereocenters. The van der Waals surface area contributed by atoms with Crippen LogP contribution in [0.4, 0.5) is 0 Å². The van der Waals surface area contributed by atoms with Crippen LogP contribution in [0.15, 0.2) is 85.1 Å². The Kier molecular flexibility index (Phi) is 47.5. The predicted octanol–water partition coefficient (Wildman–Crippen LogP) is 15.2. The summed E-state index contributed by atoms with van der Waals surface area (Å²) in [6.45, 7) is 4.26. The maximum absolute atomic E-state index is 13.0. The molecule has 0 rings (SSSR count). The number of nitrogens with zero attached hydrogens (tertiary/aromatic N) is 1. The Morgan fingerprint density at radius 1 is 0.536 bits per heavy atom. The quantitative estimate of drug-likeness (QED) is 0.0240. The van der Waals surface area contributed by atoms with Crippen LogP contribution in [0.25, 0.3) is 0 Å². The van der Waals surface area contributed by atoms with Gasteiger partial charge in [-0.05, 0) is 96.3 Å². The fraction of sp³-hybridized carbons (Fsp3) is 0.746. The lowest BCUT2D eigenvalue weighted by Crippen LogP contribution is -2.51. The van der Waals surface area contributed by atoms with Crippen molar-refractivity contribution in [2.75, 3.05) is 40.9 Å². The average Bonchev–Trinajstić information content (AvgIpc) is 3.31. The van der Waals surface area contributed by atoms with Crippen LogP contribution in [-0.2, 0) is 18.4 Å². The van der Waals surface area contributed by atoms with Crippen LogP contribution in [0, 0.1) is 0 Å². The second kappa shape index (κ2) is 49.2. The summed E-state index contributed by atoms with van der Waals surface area (Å²) in [6.07, 6.45) is 65.1. The number of carbonyl (C=O) groups is 1. The number of quaternary nitrogens is 1. The first-order valence-electron chi connectivity index (χ1n) is 28.0. The van der Waals surface area contributed by atoms with Crippen molar-refractivity contribution in [2.45, 2.75) is 244 Å². The molecule has 400 valence electrons. The molecular weight excluding hydrogens is 880 g/mol. The largest absolute Gasteiger partial charge is 0.756 e. The summed E-state index contributed by atoms with van der Waals surface area (Å²) in [7, 11) is 1.09. The van der Waals surface area contributed by atoms with Gasteiger partial charge in [-0.25, -0.2) is 0 Å². The number of phosphoric acid groups is 1. The van der Waals surface area contributed by atoms with Crippen molar-refractivity contribution in [1.29, 1.82) is 0 Å². The van der Waals surface area contributed by atoms with E-state index in [1.807, 2.05) is 21.1 Å². The topological polar surface area (TPSA) is 128 Å². The Morgan fingerprint density at radius 2 is 0.928 bits per heavy atom. The molecule has 0 spiro atoms. The fourth-order valence-electron chi connectivity index (χ4n) is 7.77. The van der Waals surface area contributed by atoms with Gasteiger partial charge in [0.1, 0.15) is 19.3 Å². The maximum atomic E-state index is 13.0. The third-order valence-corrected chi connectivity index (χ3v) is 13.2. The Balaban J connectivity index is 4.14. The van der Waals surface area contributed by atoms with Gasteiger partial charge < -0.3 is 34.0 Å². The van der Waals surface area contributed by atoms with E-state index in [0.29, 0.717) is 30.3 Å². The van der Waals surface area contributed by atoms with Crippen molar-refractivity contribution in [3.05, 3.63) is 85.1 Å². The van der Waals surface area contributed by atoms with Gasteiger partial charge in [0.2, 0.25) is 5.91 Å². The number of hydrogen-bond donors (Lipinski definition) is 3. The molecule has 0 aliphatic carbocycles. The standard InChI is InChI=1S/C59H107N2O7P/c1-6-8-10-12-14-16-18-20-21-22-23-24-25-26-27-28-29-30-31-32-33-34-35-36-37-38-39-40-42-44-46-48-50-52-58(63)60-56(55-68-69(65,66)67-54-53-61(3,4)5)59(64)57(62)51-49-47-45-43-41-19-17-15-13-11-9-7-2/h8,10,14-17,20-21,23-24,26-27,43,45,56-57,59,62,64H,6-7,9,11-13,18-19,22,25,28-42,44,46-55H2,1-5H3,(H-,60,63,65,66)/b10-8-,16-14-,17-15+,21-20-,24-23-,27-26-,45-43+. The number of allylic oxidation sites excluding steroid dienone is 14. The van der Waals surface area contributed by atoms with Crippen molar-refractivity contribution in [3.8, 4) is 0 Å². The van der Waals surface area contributed by atoms with Gasteiger partial charge >= 0.3 is 0 Å². The van der Waals surface area contributed by atoms with E-state index in [0.717, 1.165) is 77.0 Å². The van der Waals surface area contributed by atoms with E-state index in [1.54, 1.807) is 0 Å². The molecule has 0 saturated carbocycles. The molecule has 3 N–H and O–H groups in total. The molecular formula is C59H107N2O7P. The molecule has 0 aromatic carbocycles. The zero-order valence-electron chi connectivity index (χ0n) is 45.1. The zero-order chi connectivity index (χ0) is 50.8. The molecule has 0 aromatic heterocycles. The number of rotatable bonds is 50. The van der Waals surface area contributed by atoms with E-state index in [9.17, 15) is 24.5 Å². The summed E-state index contributed by atoms with van der Waals surface area (Å²) in [5.74, 6) is -0.295. The number of aliphatic hydroxyl groups is 2. The van der Waals surface area contributed by atoms with E-state index >= 15 is 0 Å². The zero-order valence-corrected chi connectivity index (χ0v) is 46.0. The Hall–Kier alpha value is -2.36. The van der Waals surface area contributed by atoms with Crippen molar-refractivity contribution >= 4 is 13.7 Å². The van der Waals surface area contributed by atoms with Gasteiger partial charge in [0.15, 0.2) is 0 Å². The molecule has 69 heavy (non-hydrogen) atoms. The fourth-order valence-corrected chi connectivity index (χ4v) is 8.49. The molecule has 0 aromatic rings. The first-order chi connectivity index (χ1) is 33.4. The molecule has 10 heteroatoms. The molecule has 0 bridgehead atoms. The van der Waals surface area contributed by atoms with E-state index < -0.39 is 32.7 Å². The first-order valence-corrected chi connectivity index (χ1v) is 29.5. The number of unbranched alkanes of at least 4 members (excludes halogenated alkanes) is 22. The van der Waals surface area contributed by atoms with Crippen molar-refractivity contribution in [1.82, 2.24) is 5.32 Å². The Labute approximate surface area is 425 Å². The highest BCUT2D eigenvalue weighted by Gasteiger charge is 2.29. The number of hydrogen-bond acceptors (Lipinski definition) is 7. The molecule has 0 aliphatic heterocycles.